The molecule has 108 valence electrons. The second-order valence-electron chi connectivity index (χ2n) is 5.62. The lowest BCUT2D eigenvalue weighted by molar-refractivity contribution is 0.0886. The number of hydrogen-bond donors (Lipinski definition) is 2. The molecule has 0 heterocycles. The van der Waals surface area contributed by atoms with Gasteiger partial charge in [0.25, 0.3) is 0 Å². The maximum atomic E-state index is 9.94. The normalized spacial score (nSPS) is 11.7. The van der Waals surface area contributed by atoms with Crippen molar-refractivity contribution in [3.05, 3.63) is 28.2 Å². The highest BCUT2D eigenvalue weighted by molar-refractivity contribution is 9.10. The van der Waals surface area contributed by atoms with Gasteiger partial charge in [-0.25, -0.2) is 0 Å². The molecule has 0 unspecified atom stereocenters. The monoisotopic (exact) mass is 328 g/mol. The molecule has 0 aromatic heterocycles. The first-order valence-electron chi connectivity index (χ1n) is 6.76. The second-order valence-corrected chi connectivity index (χ2v) is 6.53. The third-order valence-electron chi connectivity index (χ3n) is 2.82. The van der Waals surface area contributed by atoms with Crippen LogP contribution in [0.2, 0.25) is 0 Å². The minimum Gasteiger partial charge on any atom is -0.389 e. The van der Waals surface area contributed by atoms with Crippen LogP contribution in [0, 0.1) is 0 Å². The van der Waals surface area contributed by atoms with E-state index in [2.05, 4.69) is 45.2 Å². The fourth-order valence-corrected chi connectivity index (χ4v) is 2.54. The van der Waals surface area contributed by atoms with Gasteiger partial charge in [-0.3, -0.25) is 0 Å². The van der Waals surface area contributed by atoms with E-state index in [-0.39, 0.29) is 0 Å². The summed E-state index contributed by atoms with van der Waals surface area (Å²) in [7, 11) is 2.02. The van der Waals surface area contributed by atoms with Crippen LogP contribution in [0.3, 0.4) is 0 Å². The molecule has 0 atom stereocenters. The maximum absolute atomic E-state index is 9.94. The lowest BCUT2D eigenvalue weighted by Gasteiger charge is -2.29. The number of aliphatic hydroxyl groups is 1. The number of hydrogen-bond acceptors (Lipinski definition) is 3. The molecular weight excluding hydrogens is 304 g/mol. The molecule has 19 heavy (non-hydrogen) atoms. The molecule has 0 radical (unpaired) electrons. The van der Waals surface area contributed by atoms with Crippen LogP contribution in [0.5, 0.6) is 0 Å². The minimum atomic E-state index is -0.698. The summed E-state index contributed by atoms with van der Waals surface area (Å²) >= 11 is 3.52. The Balaban J connectivity index is 2.86. The quantitative estimate of drug-likeness (QED) is 0.755. The largest absolute Gasteiger partial charge is 0.389 e. The van der Waals surface area contributed by atoms with Crippen LogP contribution in [0.15, 0.2) is 22.7 Å². The Bertz CT molecular complexity index is 402. The molecular formula is C15H25BrN2O. The summed E-state index contributed by atoms with van der Waals surface area (Å²) in [5.41, 5.74) is 1.71. The fraction of sp³-hybridized carbons (Fsp3) is 0.600. The van der Waals surface area contributed by atoms with Gasteiger partial charge in [-0.15, -0.1) is 0 Å². The first-order chi connectivity index (χ1) is 8.83. The Morgan fingerprint density at radius 1 is 1.37 bits per heavy atom. The molecule has 0 amide bonds. The molecule has 0 spiro atoms. The zero-order valence-corrected chi connectivity index (χ0v) is 13.9. The van der Waals surface area contributed by atoms with E-state index in [4.69, 9.17) is 0 Å². The van der Waals surface area contributed by atoms with Crippen LogP contribution in [-0.4, -0.2) is 30.8 Å². The van der Waals surface area contributed by atoms with Crippen molar-refractivity contribution in [1.82, 2.24) is 5.32 Å². The molecule has 0 saturated carbocycles. The second kappa shape index (κ2) is 7.27. The zero-order valence-electron chi connectivity index (χ0n) is 12.3. The lowest BCUT2D eigenvalue weighted by atomic mass is 10.1. The number of nitrogens with zero attached hydrogens (tertiary/aromatic N) is 1. The molecule has 0 aliphatic heterocycles. The van der Waals surface area contributed by atoms with Crippen LogP contribution < -0.4 is 10.2 Å². The molecule has 3 nitrogen and oxygen atoms in total. The van der Waals surface area contributed by atoms with E-state index in [1.54, 1.807) is 0 Å². The van der Waals surface area contributed by atoms with Gasteiger partial charge >= 0.3 is 0 Å². The Labute approximate surface area is 125 Å². The topological polar surface area (TPSA) is 35.5 Å². The lowest BCUT2D eigenvalue weighted by Crippen LogP contribution is -2.36. The fourth-order valence-electron chi connectivity index (χ4n) is 2.13. The van der Waals surface area contributed by atoms with Crippen molar-refractivity contribution in [3.63, 3.8) is 0 Å². The molecule has 0 aliphatic carbocycles. The number of anilines is 1. The zero-order chi connectivity index (χ0) is 14.5. The van der Waals surface area contributed by atoms with Crippen LogP contribution in [0.4, 0.5) is 5.69 Å². The summed E-state index contributed by atoms with van der Waals surface area (Å²) in [5, 5.41) is 13.4. The highest BCUT2D eigenvalue weighted by Gasteiger charge is 2.17. The van der Waals surface area contributed by atoms with Gasteiger partial charge in [-0.2, -0.15) is 0 Å². The van der Waals surface area contributed by atoms with Crippen molar-refractivity contribution in [2.24, 2.45) is 0 Å². The van der Waals surface area contributed by atoms with Gasteiger partial charge < -0.3 is 15.3 Å². The van der Waals surface area contributed by atoms with Crippen LogP contribution in [0.1, 0.15) is 32.8 Å². The van der Waals surface area contributed by atoms with Gasteiger partial charge in [0.2, 0.25) is 0 Å². The third-order valence-corrected chi connectivity index (χ3v) is 3.31. The Hall–Kier alpha value is -0.580. The van der Waals surface area contributed by atoms with Gasteiger partial charge in [-0.1, -0.05) is 22.9 Å². The van der Waals surface area contributed by atoms with Crippen LogP contribution in [-0.2, 0) is 6.54 Å². The number of benzene rings is 1. The van der Waals surface area contributed by atoms with Gasteiger partial charge in [0.15, 0.2) is 0 Å². The van der Waals surface area contributed by atoms with E-state index < -0.39 is 5.60 Å². The summed E-state index contributed by atoms with van der Waals surface area (Å²) in [6.45, 7) is 8.29. The number of rotatable bonds is 7. The van der Waals surface area contributed by atoms with Gasteiger partial charge in [0, 0.05) is 30.3 Å². The van der Waals surface area contributed by atoms with E-state index >= 15 is 0 Å². The molecule has 0 saturated heterocycles. The van der Waals surface area contributed by atoms with Crippen molar-refractivity contribution >= 4 is 21.6 Å². The Morgan fingerprint density at radius 3 is 2.63 bits per heavy atom. The van der Waals surface area contributed by atoms with Crippen molar-refractivity contribution in [2.75, 3.05) is 25.0 Å². The van der Waals surface area contributed by atoms with Crippen LogP contribution in [0.25, 0.3) is 0 Å². The van der Waals surface area contributed by atoms with Crippen molar-refractivity contribution < 1.29 is 5.11 Å². The number of likely N-dealkylation sites (N-methyl/N-ethyl adjacent to an activating group) is 1. The number of nitrogens with one attached hydrogen (secondary N) is 1. The standard InChI is InChI=1S/C15H25BrN2O/c1-5-8-17-10-12-9-13(16)6-7-14(12)18(4)11-15(2,3)19/h6-7,9,17,19H,5,8,10-11H2,1-4H3. The molecule has 4 heteroatoms. The predicted octanol–water partition coefficient (Wildman–Crippen LogP) is 3.16. The summed E-state index contributed by atoms with van der Waals surface area (Å²) in [6, 6.07) is 6.27. The summed E-state index contributed by atoms with van der Waals surface area (Å²) < 4.78 is 1.08. The van der Waals surface area contributed by atoms with E-state index in [0.29, 0.717) is 6.54 Å². The molecule has 0 bridgehead atoms. The van der Waals surface area contributed by atoms with Gasteiger partial charge in [-0.05, 0) is 50.6 Å². The third kappa shape index (κ3) is 5.93. The molecule has 2 N–H and O–H groups in total. The highest BCUT2D eigenvalue weighted by atomic mass is 79.9. The summed E-state index contributed by atoms with van der Waals surface area (Å²) in [4.78, 5) is 2.11. The minimum absolute atomic E-state index is 0.607. The highest BCUT2D eigenvalue weighted by Crippen LogP contribution is 2.25. The van der Waals surface area contributed by atoms with Gasteiger partial charge in [0.1, 0.15) is 0 Å². The molecule has 1 aromatic rings. The molecule has 0 fully saturated rings. The first-order valence-corrected chi connectivity index (χ1v) is 7.55. The molecule has 0 aliphatic rings. The number of halogens is 1. The van der Waals surface area contributed by atoms with Crippen molar-refractivity contribution in [1.29, 1.82) is 0 Å². The predicted molar refractivity (Wildman–Crippen MR) is 85.7 cm³/mol. The maximum Gasteiger partial charge on any atom is 0.0765 e. The molecule has 1 rings (SSSR count). The average Bonchev–Trinajstić information content (AvgIpc) is 2.27. The van der Waals surface area contributed by atoms with E-state index in [1.165, 1.54) is 5.56 Å². The molecule has 1 aromatic carbocycles. The van der Waals surface area contributed by atoms with E-state index in [0.717, 1.165) is 29.7 Å². The van der Waals surface area contributed by atoms with Gasteiger partial charge in [0.05, 0.1) is 5.60 Å². The summed E-state index contributed by atoms with van der Waals surface area (Å²) in [5.74, 6) is 0. The van der Waals surface area contributed by atoms with Crippen molar-refractivity contribution in [3.8, 4) is 0 Å². The average molecular weight is 329 g/mol. The van der Waals surface area contributed by atoms with Crippen LogP contribution >= 0.6 is 15.9 Å². The van der Waals surface area contributed by atoms with Crippen molar-refractivity contribution in [2.45, 2.75) is 39.3 Å². The Morgan fingerprint density at radius 2 is 2.05 bits per heavy atom. The Kier molecular flexibility index (Phi) is 6.30. The first kappa shape index (κ1) is 16.5. The van der Waals surface area contributed by atoms with E-state index in [9.17, 15) is 5.11 Å². The van der Waals surface area contributed by atoms with E-state index in [1.807, 2.05) is 27.0 Å². The summed E-state index contributed by atoms with van der Waals surface area (Å²) in [6.07, 6.45) is 1.13. The smallest absolute Gasteiger partial charge is 0.0765 e. The SMILES string of the molecule is CCCNCc1cc(Br)ccc1N(C)CC(C)(C)O.